The summed E-state index contributed by atoms with van der Waals surface area (Å²) in [7, 11) is 0. The predicted molar refractivity (Wildman–Crippen MR) is 45.4 cm³/mol. The summed E-state index contributed by atoms with van der Waals surface area (Å²) in [6, 6.07) is -12.2. The van der Waals surface area contributed by atoms with Gasteiger partial charge < -0.3 is 0 Å². The second-order valence-electron chi connectivity index (χ2n) is 3.72. The molecule has 0 aromatic carbocycles. The molecule has 1 saturated heterocycles. The molecule has 1 aliphatic heterocycles. The Balaban J connectivity index is 3.53. The number of hydrogen-bond donors (Lipinski definition) is 0. The van der Waals surface area contributed by atoms with E-state index in [1.54, 1.807) is 0 Å². The molecule has 0 radical (unpaired) electrons. The average Bonchev–Trinajstić information content (AvgIpc) is 2.29. The van der Waals surface area contributed by atoms with Crippen molar-refractivity contribution in [2.75, 3.05) is 6.61 Å². The van der Waals surface area contributed by atoms with Gasteiger partial charge in [-0.05, 0) is 0 Å². The van der Waals surface area contributed by atoms with Gasteiger partial charge in [-0.15, -0.1) is 0 Å². The zero-order valence-electron chi connectivity index (χ0n) is 10.4. The molecule has 0 amide bonds. The topological polar surface area (TPSA) is 21.7 Å². The third-order valence-corrected chi connectivity index (χ3v) is 5.75. The molecule has 0 aromatic rings. The Hall–Kier alpha value is -2.02. The van der Waals surface area contributed by atoms with Crippen LogP contribution in [0.1, 0.15) is 6.92 Å². The van der Waals surface area contributed by atoms with Crippen molar-refractivity contribution in [3.05, 3.63) is 0 Å². The SMILES string of the molecule is CCO/[C](=[Cf]\[N]1C(F)(F)C(F)(F)OC(F)(F)C1(F)F)C(F)(F)F. The molecule has 1 fully saturated rings. The molecule has 1 rings (SSSR count). The Morgan fingerprint density at radius 3 is 1.65 bits per heavy atom. The number of halogens is 11. The summed E-state index contributed by atoms with van der Waals surface area (Å²) in [5, 5.41) is -2.16. The summed E-state index contributed by atoms with van der Waals surface area (Å²) in [6.07, 6.45) is -17.9. The molecule has 0 atom stereocenters. The minimum atomic E-state index is -6.14. The Kier molecular flexibility index (Phi) is 4.13. The van der Waals surface area contributed by atoms with E-state index in [1.807, 2.05) is 0 Å². The fourth-order valence-corrected chi connectivity index (χ4v) is 3.93. The molecule has 141 valence electrons. The molecule has 0 unspecified atom stereocenters. The van der Waals surface area contributed by atoms with E-state index in [4.69, 9.17) is 0 Å². The summed E-state index contributed by atoms with van der Waals surface area (Å²) in [5.74, 6) is 0. The fraction of sp³-hybridized carbons (Fsp3) is 0.875. The molecule has 15 heteroatoms. The molecule has 0 bridgehead atoms. The number of alkyl halides is 11. The van der Waals surface area contributed by atoms with Gasteiger partial charge in [-0.1, -0.05) is 0 Å². The maximum absolute atomic E-state index is 13.3. The van der Waals surface area contributed by atoms with Crippen LogP contribution in [0.25, 0.3) is 0 Å². The summed E-state index contributed by atoms with van der Waals surface area (Å²) in [5.41, 5.74) is 0. The first-order valence-corrected chi connectivity index (χ1v) is 7.68. The van der Waals surface area contributed by atoms with Crippen LogP contribution in [0.3, 0.4) is 0 Å². The van der Waals surface area contributed by atoms with E-state index in [1.165, 1.54) is 0 Å². The predicted octanol–water partition coefficient (Wildman–Crippen LogP) is 3.42. The summed E-state index contributed by atoms with van der Waals surface area (Å²) >= 11 is 0. The first-order valence-electron chi connectivity index (χ1n) is 5.18. The second-order valence-corrected chi connectivity index (χ2v) is 6.68. The summed E-state index contributed by atoms with van der Waals surface area (Å²) in [4.78, 5) is 0. The van der Waals surface area contributed by atoms with Crippen LogP contribution in [-0.2, 0) is 9.47 Å². The van der Waals surface area contributed by atoms with E-state index in [-0.39, 0.29) is 0 Å². The van der Waals surface area contributed by atoms with Crippen LogP contribution in [0.5, 0.6) is 0 Å². The first kappa shape index (κ1) is 19.0. The van der Waals surface area contributed by atoms with Crippen LogP contribution < -0.4 is 0 Å². The zero-order valence-corrected chi connectivity index (χ0v) is 13.1. The van der Waals surface area contributed by atoms with Crippen molar-refractivity contribution in [2.45, 2.75) is 37.4 Å². The van der Waals surface area contributed by atoms with Crippen LogP contribution >= 0.6 is 0 Å². The van der Waals surface area contributed by atoms with Crippen molar-refractivity contribution in [3.8, 4) is 0 Å². The average molecular weight is 607 g/mol. The number of hydrogen-bond acceptors (Lipinski definition) is 3. The molecule has 0 aliphatic carbocycles. The van der Waals surface area contributed by atoms with Gasteiger partial charge in [0.25, 0.3) is 0 Å². The zero-order chi connectivity index (χ0) is 18.5. The summed E-state index contributed by atoms with van der Waals surface area (Å²) < 4.78 is 144. The number of morpholine rings is 1. The number of rotatable bonds is 3. The fourth-order valence-electron chi connectivity index (χ4n) is 1.09. The standard InChI is InChI=1S/C4F8NO.C4H5F3O.Cf/c5-1(6)3(9,10)14-4(11,12)2(7,8)13-1;1-2-8-3-4(5,6)7;/h;2H2,1H3;/q-1;;+1. The van der Waals surface area contributed by atoms with Crippen molar-refractivity contribution < 1.29 is 57.8 Å². The minimum absolute atomic E-state index is 0.835. The van der Waals surface area contributed by atoms with Gasteiger partial charge in [0.15, 0.2) is 0 Å². The van der Waals surface area contributed by atoms with Gasteiger partial charge in [-0.25, -0.2) is 0 Å². The van der Waals surface area contributed by atoms with E-state index in [0.717, 1.165) is 6.92 Å². The van der Waals surface area contributed by atoms with Gasteiger partial charge in [0, 0.05) is 0 Å². The molecular weight excluding hydrogens is 602 g/mol. The van der Waals surface area contributed by atoms with Crippen molar-refractivity contribution in [2.24, 2.45) is 0 Å². The van der Waals surface area contributed by atoms with Crippen LogP contribution in [0.15, 0.2) is 0 Å². The number of nitrogens with zero attached hydrogens (tertiary/aromatic N) is 1. The number of ether oxygens (including phenoxy) is 2. The molecule has 3 nitrogen and oxygen atoms in total. The van der Waals surface area contributed by atoms with Crippen LogP contribution in [0.4, 0.5) is 48.3 Å². The molecular formula is C8H5CfF11NO2. The first-order chi connectivity index (χ1) is 10.0. The second kappa shape index (κ2) is 4.99. The van der Waals surface area contributed by atoms with Gasteiger partial charge in [0.2, 0.25) is 0 Å². The van der Waals surface area contributed by atoms with E-state index >= 15 is 0 Å². The van der Waals surface area contributed by atoms with Crippen molar-refractivity contribution in [3.63, 3.8) is 0 Å². The van der Waals surface area contributed by atoms with Crippen LogP contribution in [0.2, 0.25) is 0 Å². The van der Waals surface area contributed by atoms with Crippen LogP contribution in [-0.4, -0.2) is 49.0 Å². The Morgan fingerprint density at radius 1 is 0.957 bits per heavy atom. The van der Waals surface area contributed by atoms with Crippen molar-refractivity contribution in [1.29, 1.82) is 0 Å². The molecule has 1 heterocycles. The van der Waals surface area contributed by atoms with Gasteiger partial charge in [-0.3, -0.25) is 0 Å². The Bertz CT molecular complexity index is 463. The molecule has 23 heavy (non-hydrogen) atoms. The molecule has 1 aliphatic rings. The van der Waals surface area contributed by atoms with Gasteiger partial charge in [0.05, 0.1) is 0 Å². The van der Waals surface area contributed by atoms with E-state index < -0.39 is 49.0 Å². The monoisotopic (exact) mass is 605 g/mol. The normalized spacial score (nSPS) is 26.7. The molecule has 0 aromatic heterocycles. The van der Waals surface area contributed by atoms with Gasteiger partial charge in [0.1, 0.15) is 0 Å². The molecule has 0 spiro atoms. The van der Waals surface area contributed by atoms with Crippen molar-refractivity contribution >= 4 is 6.61 Å². The molecule has 0 N–H and O–H groups in total. The third-order valence-electron chi connectivity index (χ3n) is 2.02. The molecule has 0 saturated carbocycles. The van der Waals surface area contributed by atoms with Gasteiger partial charge >= 0.3 is 114 Å². The van der Waals surface area contributed by atoms with E-state index in [9.17, 15) is 48.3 Å². The van der Waals surface area contributed by atoms with Gasteiger partial charge in [-0.2, -0.15) is 0 Å². The maximum atomic E-state index is 13.3. The Morgan fingerprint density at radius 2 is 1.35 bits per heavy atom. The summed E-state index contributed by atoms with van der Waals surface area (Å²) in [6.45, 7) is -2.25. The van der Waals surface area contributed by atoms with E-state index in [0.29, 0.717) is 0 Å². The van der Waals surface area contributed by atoms with E-state index in [2.05, 4.69) is 9.47 Å². The Labute approximate surface area is 115 Å². The quantitative estimate of drug-likeness (QED) is 0.363. The van der Waals surface area contributed by atoms with Crippen LogP contribution in [0, 0.1) is 0 Å². The van der Waals surface area contributed by atoms with Crippen molar-refractivity contribution in [1.82, 2.24) is 5.32 Å². The third kappa shape index (κ3) is 2.93.